The van der Waals surface area contributed by atoms with Gasteiger partial charge in [-0.05, 0) is 63.1 Å². The zero-order valence-corrected chi connectivity index (χ0v) is 16.8. The van der Waals surface area contributed by atoms with Crippen LogP contribution in [0, 0.1) is 24.2 Å². The van der Waals surface area contributed by atoms with Crippen molar-refractivity contribution < 1.29 is 4.42 Å². The molecule has 0 bridgehead atoms. The molecular weight excluding hydrogens is 364 g/mol. The van der Waals surface area contributed by atoms with Gasteiger partial charge in [0.1, 0.15) is 5.69 Å². The Morgan fingerprint density at radius 1 is 1.10 bits per heavy atom. The number of benzene rings is 1. The Morgan fingerprint density at radius 3 is 2.59 bits per heavy atom. The second kappa shape index (κ2) is 6.67. The molecule has 5 N–H and O–H groups in total. The minimum atomic E-state index is -0.124. The van der Waals surface area contributed by atoms with E-state index in [9.17, 15) is 0 Å². The van der Waals surface area contributed by atoms with Crippen LogP contribution in [0.25, 0.3) is 33.5 Å². The van der Waals surface area contributed by atoms with E-state index in [-0.39, 0.29) is 11.4 Å². The minimum absolute atomic E-state index is 0.122. The Kier molecular flexibility index (Phi) is 4.27. The third kappa shape index (κ3) is 3.65. The minimum Gasteiger partial charge on any atom is -0.422 e. The number of pyridine rings is 1. The van der Waals surface area contributed by atoms with E-state index in [0.29, 0.717) is 23.0 Å². The second-order valence-corrected chi connectivity index (χ2v) is 7.95. The average molecular weight is 386 g/mol. The summed E-state index contributed by atoms with van der Waals surface area (Å²) in [5.74, 6) is 7.55. The van der Waals surface area contributed by atoms with Crippen LogP contribution in [0.5, 0.6) is 0 Å². The van der Waals surface area contributed by atoms with Crippen LogP contribution in [-0.4, -0.2) is 20.2 Å². The molecule has 0 radical (unpaired) electrons. The number of fused-ring (bicyclic) bond motifs is 1. The molecule has 0 amide bonds. The summed E-state index contributed by atoms with van der Waals surface area (Å²) in [6.45, 7) is 8.05. The molecule has 3 aromatic heterocycles. The fourth-order valence-corrected chi connectivity index (χ4v) is 3.05. The topological polar surface area (TPSA) is 120 Å². The Morgan fingerprint density at radius 2 is 1.90 bits per heavy atom. The van der Waals surface area contributed by atoms with Gasteiger partial charge in [0.25, 0.3) is 6.01 Å². The van der Waals surface area contributed by atoms with E-state index in [0.717, 1.165) is 27.6 Å². The highest BCUT2D eigenvalue weighted by Gasteiger charge is 2.14. The van der Waals surface area contributed by atoms with Gasteiger partial charge in [-0.2, -0.15) is 10.1 Å². The maximum Gasteiger partial charge on any atom is 0.292 e. The van der Waals surface area contributed by atoms with Gasteiger partial charge in [-0.3, -0.25) is 10.1 Å². The third-order valence-electron chi connectivity index (χ3n) is 4.41. The highest BCUT2D eigenvalue weighted by molar-refractivity contribution is 5.96. The van der Waals surface area contributed by atoms with Gasteiger partial charge in [0.05, 0.1) is 16.8 Å². The van der Waals surface area contributed by atoms with Gasteiger partial charge in [-0.1, -0.05) is 11.8 Å². The van der Waals surface area contributed by atoms with Crippen LogP contribution in [-0.2, 0) is 0 Å². The normalized spacial score (nSPS) is 11.4. The van der Waals surface area contributed by atoms with Gasteiger partial charge in [-0.15, -0.1) is 0 Å². The van der Waals surface area contributed by atoms with E-state index in [1.54, 1.807) is 6.20 Å². The molecule has 7 nitrogen and oxygen atoms in total. The monoisotopic (exact) mass is 386 g/mol. The molecule has 0 spiro atoms. The lowest BCUT2D eigenvalue weighted by molar-refractivity contribution is 0.571. The van der Waals surface area contributed by atoms with Crippen LogP contribution in [0.2, 0.25) is 0 Å². The molecular formula is C22H22N6O. The molecule has 0 unspecified atom stereocenters. The number of aromatic nitrogens is 4. The van der Waals surface area contributed by atoms with Crippen molar-refractivity contribution in [3.8, 4) is 34.4 Å². The van der Waals surface area contributed by atoms with Gasteiger partial charge in [-0.25, -0.2) is 0 Å². The standard InChI is InChI=1S/C22H22N6O/c1-12-19(29-21(24)26-12)17-11-13(6-8-25-17)15-9-14(5-7-22(2,3)4)18-16(10-15)20(23)28-27-18/h6,8-11H,1-4H3,(H2,24,26)(H3,23,27,28). The first-order valence-electron chi connectivity index (χ1n) is 9.22. The number of hydrogen-bond donors (Lipinski definition) is 3. The van der Waals surface area contributed by atoms with E-state index in [2.05, 4.69) is 52.8 Å². The summed E-state index contributed by atoms with van der Waals surface area (Å²) in [6.07, 6.45) is 1.73. The molecule has 7 heteroatoms. The SMILES string of the molecule is Cc1nc(N)oc1-c1cc(-c2cc(C#CC(C)(C)C)c3[nH]nc(N)c3c2)ccn1. The van der Waals surface area contributed by atoms with Crippen molar-refractivity contribution in [2.24, 2.45) is 5.41 Å². The van der Waals surface area contributed by atoms with E-state index >= 15 is 0 Å². The molecule has 4 rings (SSSR count). The number of anilines is 2. The van der Waals surface area contributed by atoms with Gasteiger partial charge in [0.15, 0.2) is 11.6 Å². The first-order valence-corrected chi connectivity index (χ1v) is 9.22. The maximum absolute atomic E-state index is 6.08. The lowest BCUT2D eigenvalue weighted by Gasteiger charge is -2.08. The number of rotatable bonds is 2. The largest absolute Gasteiger partial charge is 0.422 e. The summed E-state index contributed by atoms with van der Waals surface area (Å²) in [5, 5.41) is 7.98. The van der Waals surface area contributed by atoms with Gasteiger partial charge in [0.2, 0.25) is 0 Å². The molecule has 0 saturated carbocycles. The predicted octanol–water partition coefficient (Wildman–Crippen LogP) is 4.15. The number of H-pyrrole nitrogens is 1. The van der Waals surface area contributed by atoms with Crippen molar-refractivity contribution in [1.82, 2.24) is 20.2 Å². The van der Waals surface area contributed by atoms with Gasteiger partial charge in [0, 0.05) is 17.0 Å². The Balaban J connectivity index is 1.88. The Labute approximate surface area is 168 Å². The molecule has 29 heavy (non-hydrogen) atoms. The number of hydrogen-bond acceptors (Lipinski definition) is 6. The predicted molar refractivity (Wildman–Crippen MR) is 115 cm³/mol. The van der Waals surface area contributed by atoms with Crippen LogP contribution >= 0.6 is 0 Å². The lowest BCUT2D eigenvalue weighted by Crippen LogP contribution is -1.99. The lowest BCUT2D eigenvalue weighted by atomic mass is 9.96. The summed E-state index contributed by atoms with van der Waals surface area (Å²) in [5.41, 5.74) is 16.6. The van der Waals surface area contributed by atoms with Gasteiger partial charge < -0.3 is 15.9 Å². The Bertz CT molecular complexity index is 1280. The fraction of sp³-hybridized carbons (Fsp3) is 0.227. The van der Waals surface area contributed by atoms with Crippen molar-refractivity contribution in [3.05, 3.63) is 41.7 Å². The van der Waals surface area contributed by atoms with Crippen LogP contribution in [0.4, 0.5) is 11.8 Å². The van der Waals surface area contributed by atoms with E-state index < -0.39 is 0 Å². The molecule has 0 aliphatic heterocycles. The zero-order chi connectivity index (χ0) is 20.8. The number of nitrogens with two attached hydrogens (primary N) is 2. The van der Waals surface area contributed by atoms with Gasteiger partial charge >= 0.3 is 0 Å². The maximum atomic E-state index is 6.08. The summed E-state index contributed by atoms with van der Waals surface area (Å²) in [7, 11) is 0. The number of oxazole rings is 1. The Hall–Kier alpha value is -3.79. The molecule has 0 atom stereocenters. The molecule has 0 saturated heterocycles. The highest BCUT2D eigenvalue weighted by Crippen LogP contribution is 2.32. The number of nitrogens with one attached hydrogen (secondary N) is 1. The molecule has 0 fully saturated rings. The van der Waals surface area contributed by atoms with Crippen LogP contribution in [0.15, 0.2) is 34.9 Å². The van der Waals surface area contributed by atoms with E-state index in [1.165, 1.54) is 0 Å². The van der Waals surface area contributed by atoms with Crippen molar-refractivity contribution in [2.75, 3.05) is 11.5 Å². The van der Waals surface area contributed by atoms with Crippen LogP contribution in [0.3, 0.4) is 0 Å². The summed E-state index contributed by atoms with van der Waals surface area (Å²) < 4.78 is 5.51. The zero-order valence-electron chi connectivity index (χ0n) is 16.8. The summed E-state index contributed by atoms with van der Waals surface area (Å²) >= 11 is 0. The second-order valence-electron chi connectivity index (χ2n) is 7.95. The molecule has 0 aliphatic rings. The average Bonchev–Trinajstić information content (AvgIpc) is 3.21. The summed E-state index contributed by atoms with van der Waals surface area (Å²) in [6, 6.07) is 8.01. The van der Waals surface area contributed by atoms with E-state index in [1.807, 2.05) is 31.2 Å². The molecule has 0 aliphatic carbocycles. The smallest absolute Gasteiger partial charge is 0.292 e. The highest BCUT2D eigenvalue weighted by atomic mass is 16.4. The number of nitrogens with zero attached hydrogens (tertiary/aromatic N) is 3. The number of nitrogen functional groups attached to an aromatic ring is 2. The number of aryl methyl sites for hydroxylation is 1. The van der Waals surface area contributed by atoms with Crippen LogP contribution < -0.4 is 11.5 Å². The van der Waals surface area contributed by atoms with Crippen LogP contribution in [0.1, 0.15) is 32.0 Å². The van der Waals surface area contributed by atoms with Crippen molar-refractivity contribution in [3.63, 3.8) is 0 Å². The molecule has 146 valence electrons. The molecule has 4 aromatic rings. The number of aromatic amines is 1. The quantitative estimate of drug-likeness (QED) is 0.445. The van der Waals surface area contributed by atoms with Crippen molar-refractivity contribution >= 4 is 22.7 Å². The van der Waals surface area contributed by atoms with Crippen molar-refractivity contribution in [1.29, 1.82) is 0 Å². The summed E-state index contributed by atoms with van der Waals surface area (Å²) in [4.78, 5) is 8.53. The van der Waals surface area contributed by atoms with Crippen molar-refractivity contribution in [2.45, 2.75) is 27.7 Å². The van der Waals surface area contributed by atoms with E-state index in [4.69, 9.17) is 15.9 Å². The molecule has 3 heterocycles. The first-order chi connectivity index (χ1) is 13.7. The fourth-order valence-electron chi connectivity index (χ4n) is 3.05. The molecule has 1 aromatic carbocycles. The third-order valence-corrected chi connectivity index (χ3v) is 4.41. The first kappa shape index (κ1) is 18.6.